The van der Waals surface area contributed by atoms with Crippen LogP contribution in [0.15, 0.2) is 4.42 Å². The van der Waals surface area contributed by atoms with Crippen molar-refractivity contribution in [3.05, 3.63) is 17.3 Å². The van der Waals surface area contributed by atoms with E-state index in [9.17, 15) is 9.59 Å². The lowest BCUT2D eigenvalue weighted by atomic mass is 9.96. The smallest absolute Gasteiger partial charge is 0.309 e. The zero-order valence-corrected chi connectivity index (χ0v) is 13.7. The van der Waals surface area contributed by atoms with Gasteiger partial charge in [0.25, 0.3) is 5.91 Å². The van der Waals surface area contributed by atoms with Gasteiger partial charge in [-0.2, -0.15) is 0 Å². The highest BCUT2D eigenvalue weighted by Crippen LogP contribution is 2.24. The molecule has 0 unspecified atom stereocenters. The number of aryl methyl sites for hydroxylation is 1. The van der Waals surface area contributed by atoms with Crippen molar-refractivity contribution in [1.82, 2.24) is 9.88 Å². The van der Waals surface area contributed by atoms with Crippen molar-refractivity contribution in [2.75, 3.05) is 19.7 Å². The number of hydrogen-bond donors (Lipinski definition) is 0. The molecule has 1 saturated heterocycles. The number of likely N-dealkylation sites (tertiary alicyclic amines) is 1. The Labute approximate surface area is 130 Å². The third-order valence-corrected chi connectivity index (χ3v) is 3.90. The number of esters is 1. The summed E-state index contributed by atoms with van der Waals surface area (Å²) in [6.45, 7) is 9.00. The minimum Gasteiger partial charge on any atom is -0.466 e. The minimum atomic E-state index is -0.159. The van der Waals surface area contributed by atoms with Gasteiger partial charge < -0.3 is 14.1 Å². The predicted molar refractivity (Wildman–Crippen MR) is 80.6 cm³/mol. The summed E-state index contributed by atoms with van der Waals surface area (Å²) in [4.78, 5) is 30.4. The van der Waals surface area contributed by atoms with Crippen molar-refractivity contribution < 1.29 is 18.7 Å². The summed E-state index contributed by atoms with van der Waals surface area (Å²) >= 11 is 0. The van der Waals surface area contributed by atoms with Crippen LogP contribution in [0.2, 0.25) is 0 Å². The molecule has 0 spiro atoms. The number of rotatable bonds is 4. The molecule has 22 heavy (non-hydrogen) atoms. The summed E-state index contributed by atoms with van der Waals surface area (Å²) in [5.41, 5.74) is 0.704. The Kier molecular flexibility index (Phi) is 5.21. The summed E-state index contributed by atoms with van der Waals surface area (Å²) in [5.74, 6) is 0.577. The third-order valence-electron chi connectivity index (χ3n) is 3.90. The van der Waals surface area contributed by atoms with Gasteiger partial charge in [0.05, 0.1) is 18.2 Å². The highest BCUT2D eigenvalue weighted by Gasteiger charge is 2.31. The molecule has 0 aromatic carbocycles. The molecular formula is C16H24N2O4. The number of aromatic nitrogens is 1. The van der Waals surface area contributed by atoms with Gasteiger partial charge in [0.1, 0.15) is 0 Å². The molecule has 1 aliphatic heterocycles. The fourth-order valence-electron chi connectivity index (χ4n) is 2.71. The first-order valence-corrected chi connectivity index (χ1v) is 7.87. The van der Waals surface area contributed by atoms with Crippen LogP contribution in [0.5, 0.6) is 0 Å². The van der Waals surface area contributed by atoms with Crippen LogP contribution in [0, 0.1) is 12.8 Å². The standard InChI is InChI=1S/C16H24N2O4/c1-5-21-16(20)12-6-8-18(9-7-12)15(19)14-13(10(2)3)17-11(4)22-14/h10,12H,5-9H2,1-4H3. The number of carbonyl (C=O) groups is 2. The lowest BCUT2D eigenvalue weighted by Crippen LogP contribution is -2.40. The molecule has 6 nitrogen and oxygen atoms in total. The highest BCUT2D eigenvalue weighted by molar-refractivity contribution is 5.93. The van der Waals surface area contributed by atoms with Crippen molar-refractivity contribution in [3.8, 4) is 0 Å². The fraction of sp³-hybridized carbons (Fsp3) is 0.688. The Bertz CT molecular complexity index is 542. The monoisotopic (exact) mass is 308 g/mol. The van der Waals surface area contributed by atoms with Gasteiger partial charge in [0.2, 0.25) is 5.76 Å². The van der Waals surface area contributed by atoms with Gasteiger partial charge in [0, 0.05) is 20.0 Å². The van der Waals surface area contributed by atoms with Crippen LogP contribution < -0.4 is 0 Å². The molecule has 1 amide bonds. The van der Waals surface area contributed by atoms with E-state index in [4.69, 9.17) is 9.15 Å². The first-order valence-electron chi connectivity index (χ1n) is 7.87. The molecule has 0 radical (unpaired) electrons. The number of carbonyl (C=O) groups excluding carboxylic acids is 2. The summed E-state index contributed by atoms with van der Waals surface area (Å²) < 4.78 is 10.6. The van der Waals surface area contributed by atoms with Crippen LogP contribution in [0.4, 0.5) is 0 Å². The van der Waals surface area contributed by atoms with Gasteiger partial charge in [-0.3, -0.25) is 9.59 Å². The summed E-state index contributed by atoms with van der Waals surface area (Å²) in [7, 11) is 0. The van der Waals surface area contributed by atoms with E-state index in [1.807, 2.05) is 13.8 Å². The van der Waals surface area contributed by atoms with Gasteiger partial charge in [-0.25, -0.2) is 4.98 Å². The fourth-order valence-corrected chi connectivity index (χ4v) is 2.71. The zero-order chi connectivity index (χ0) is 16.3. The van der Waals surface area contributed by atoms with E-state index in [0.29, 0.717) is 49.9 Å². The van der Waals surface area contributed by atoms with Crippen molar-refractivity contribution in [2.24, 2.45) is 5.92 Å². The number of amides is 1. The van der Waals surface area contributed by atoms with E-state index in [1.54, 1.807) is 18.7 Å². The lowest BCUT2D eigenvalue weighted by Gasteiger charge is -2.30. The van der Waals surface area contributed by atoms with Crippen molar-refractivity contribution in [1.29, 1.82) is 0 Å². The molecule has 2 rings (SSSR count). The Hall–Kier alpha value is -1.85. The Morgan fingerprint density at radius 1 is 1.36 bits per heavy atom. The SMILES string of the molecule is CCOC(=O)C1CCN(C(=O)c2oc(C)nc2C(C)C)CC1. The summed E-state index contributed by atoms with van der Waals surface area (Å²) in [6.07, 6.45) is 1.27. The van der Waals surface area contributed by atoms with Crippen molar-refractivity contribution in [2.45, 2.75) is 46.5 Å². The average Bonchev–Trinajstić information content (AvgIpc) is 2.89. The zero-order valence-electron chi connectivity index (χ0n) is 13.7. The van der Waals surface area contributed by atoms with Gasteiger partial charge in [-0.15, -0.1) is 0 Å². The molecule has 122 valence electrons. The second kappa shape index (κ2) is 6.94. The minimum absolute atomic E-state index is 0.106. The summed E-state index contributed by atoms with van der Waals surface area (Å²) in [6, 6.07) is 0. The molecule has 0 atom stereocenters. The first kappa shape index (κ1) is 16.5. The van der Waals surface area contributed by atoms with Gasteiger partial charge in [-0.05, 0) is 25.7 Å². The molecule has 6 heteroatoms. The average molecular weight is 308 g/mol. The maximum absolute atomic E-state index is 12.6. The van der Waals surface area contributed by atoms with Gasteiger partial charge in [0.15, 0.2) is 5.89 Å². The number of oxazole rings is 1. The van der Waals surface area contributed by atoms with E-state index in [0.717, 1.165) is 0 Å². The molecule has 2 heterocycles. The predicted octanol–water partition coefficient (Wildman–Crippen LogP) is 2.52. The van der Waals surface area contributed by atoms with E-state index < -0.39 is 0 Å². The lowest BCUT2D eigenvalue weighted by molar-refractivity contribution is -0.149. The number of nitrogens with zero attached hydrogens (tertiary/aromatic N) is 2. The quantitative estimate of drug-likeness (QED) is 0.799. The largest absolute Gasteiger partial charge is 0.466 e. The van der Waals surface area contributed by atoms with Gasteiger partial charge >= 0.3 is 5.97 Å². The second-order valence-electron chi connectivity index (χ2n) is 5.92. The number of ether oxygens (including phenoxy) is 1. The Morgan fingerprint density at radius 2 is 2.00 bits per heavy atom. The van der Waals surface area contributed by atoms with E-state index >= 15 is 0 Å². The topological polar surface area (TPSA) is 72.6 Å². The summed E-state index contributed by atoms with van der Waals surface area (Å²) in [5, 5.41) is 0. The Morgan fingerprint density at radius 3 is 2.55 bits per heavy atom. The van der Waals surface area contributed by atoms with Crippen molar-refractivity contribution in [3.63, 3.8) is 0 Å². The second-order valence-corrected chi connectivity index (χ2v) is 5.92. The van der Waals surface area contributed by atoms with Crippen LogP contribution in [-0.4, -0.2) is 41.5 Å². The number of hydrogen-bond acceptors (Lipinski definition) is 5. The van der Waals surface area contributed by atoms with Crippen LogP contribution in [-0.2, 0) is 9.53 Å². The van der Waals surface area contributed by atoms with E-state index in [2.05, 4.69) is 4.98 Å². The molecule has 0 saturated carbocycles. The van der Waals surface area contributed by atoms with Crippen molar-refractivity contribution >= 4 is 11.9 Å². The molecular weight excluding hydrogens is 284 g/mol. The number of piperidine rings is 1. The molecule has 0 aliphatic carbocycles. The highest BCUT2D eigenvalue weighted by atomic mass is 16.5. The molecule has 0 N–H and O–H groups in total. The van der Waals surface area contributed by atoms with Gasteiger partial charge in [-0.1, -0.05) is 13.8 Å². The third kappa shape index (κ3) is 3.48. The molecule has 1 aromatic heterocycles. The van der Waals surface area contributed by atoms with Crippen LogP contribution in [0.3, 0.4) is 0 Å². The molecule has 1 aliphatic rings. The maximum atomic E-state index is 12.6. The van der Waals surface area contributed by atoms with E-state index in [-0.39, 0.29) is 23.7 Å². The Balaban J connectivity index is 2.02. The van der Waals surface area contributed by atoms with Crippen LogP contribution in [0.1, 0.15) is 61.7 Å². The maximum Gasteiger partial charge on any atom is 0.309 e. The molecule has 0 bridgehead atoms. The van der Waals surface area contributed by atoms with Crippen LogP contribution >= 0.6 is 0 Å². The molecule has 1 fully saturated rings. The normalized spacial score (nSPS) is 16.1. The molecule has 1 aromatic rings. The van der Waals surface area contributed by atoms with Crippen LogP contribution in [0.25, 0.3) is 0 Å². The first-order chi connectivity index (χ1) is 10.4. The van der Waals surface area contributed by atoms with E-state index in [1.165, 1.54) is 0 Å².